The lowest BCUT2D eigenvalue weighted by Gasteiger charge is -2.14. The molecular weight excluding hydrogens is 142 g/mol. The van der Waals surface area contributed by atoms with E-state index in [1.807, 2.05) is 0 Å². The lowest BCUT2D eigenvalue weighted by atomic mass is 10.3. The highest BCUT2D eigenvalue weighted by Gasteiger charge is 2.22. The normalized spacial score (nSPS) is 38.2. The highest BCUT2D eigenvalue weighted by Crippen LogP contribution is 2.13. The molecular formula is C8H15NO2. The predicted molar refractivity (Wildman–Crippen MR) is 41.6 cm³/mol. The Hall–Kier alpha value is -0.120. The first kappa shape index (κ1) is 7.53. The fourth-order valence-electron chi connectivity index (χ4n) is 1.64. The van der Waals surface area contributed by atoms with E-state index in [0.717, 1.165) is 39.1 Å². The van der Waals surface area contributed by atoms with Gasteiger partial charge < -0.3 is 14.8 Å². The van der Waals surface area contributed by atoms with Crippen molar-refractivity contribution < 1.29 is 9.47 Å². The van der Waals surface area contributed by atoms with Gasteiger partial charge in [0.15, 0.2) is 0 Å². The third kappa shape index (κ3) is 1.92. The summed E-state index contributed by atoms with van der Waals surface area (Å²) >= 11 is 0. The zero-order valence-corrected chi connectivity index (χ0v) is 6.71. The molecule has 0 amide bonds. The molecule has 0 aromatic rings. The van der Waals surface area contributed by atoms with Crippen LogP contribution >= 0.6 is 0 Å². The number of nitrogens with one attached hydrogen (secondary N) is 1. The van der Waals surface area contributed by atoms with Gasteiger partial charge in [0, 0.05) is 13.2 Å². The molecule has 0 bridgehead atoms. The van der Waals surface area contributed by atoms with E-state index in [0.29, 0.717) is 12.2 Å². The van der Waals surface area contributed by atoms with Crippen LogP contribution in [0.5, 0.6) is 0 Å². The van der Waals surface area contributed by atoms with Gasteiger partial charge in [-0.15, -0.1) is 0 Å². The summed E-state index contributed by atoms with van der Waals surface area (Å²) in [5.74, 6) is 0. The summed E-state index contributed by atoms with van der Waals surface area (Å²) in [5, 5.41) is 3.28. The van der Waals surface area contributed by atoms with Gasteiger partial charge >= 0.3 is 0 Å². The van der Waals surface area contributed by atoms with Crippen LogP contribution in [0.1, 0.15) is 12.8 Å². The van der Waals surface area contributed by atoms with Crippen LogP contribution in [0.2, 0.25) is 0 Å². The van der Waals surface area contributed by atoms with Crippen molar-refractivity contribution in [2.24, 2.45) is 0 Å². The molecule has 2 heterocycles. The molecule has 2 saturated heterocycles. The molecule has 64 valence electrons. The molecule has 11 heavy (non-hydrogen) atoms. The molecule has 3 nitrogen and oxygen atoms in total. The van der Waals surface area contributed by atoms with Crippen molar-refractivity contribution in [2.45, 2.75) is 25.0 Å². The van der Waals surface area contributed by atoms with E-state index in [2.05, 4.69) is 5.32 Å². The first-order chi connectivity index (χ1) is 5.45. The van der Waals surface area contributed by atoms with Gasteiger partial charge in [0.25, 0.3) is 0 Å². The molecule has 2 rings (SSSR count). The van der Waals surface area contributed by atoms with Gasteiger partial charge in [-0.2, -0.15) is 0 Å². The maximum Gasteiger partial charge on any atom is 0.0834 e. The van der Waals surface area contributed by atoms with Crippen LogP contribution in [0.15, 0.2) is 0 Å². The minimum Gasteiger partial charge on any atom is -0.379 e. The Labute approximate surface area is 67.1 Å². The van der Waals surface area contributed by atoms with Gasteiger partial charge in [-0.05, 0) is 19.4 Å². The van der Waals surface area contributed by atoms with Gasteiger partial charge in [-0.3, -0.25) is 0 Å². The molecule has 0 spiro atoms. The first-order valence-electron chi connectivity index (χ1n) is 4.39. The Morgan fingerprint density at radius 1 is 1.27 bits per heavy atom. The zero-order valence-electron chi connectivity index (χ0n) is 6.71. The highest BCUT2D eigenvalue weighted by molar-refractivity contribution is 4.74. The van der Waals surface area contributed by atoms with Crippen molar-refractivity contribution in [1.82, 2.24) is 5.32 Å². The van der Waals surface area contributed by atoms with E-state index in [-0.39, 0.29) is 0 Å². The molecule has 1 N–H and O–H groups in total. The second-order valence-electron chi connectivity index (χ2n) is 3.24. The van der Waals surface area contributed by atoms with E-state index in [9.17, 15) is 0 Å². The van der Waals surface area contributed by atoms with Crippen LogP contribution in [0.4, 0.5) is 0 Å². The summed E-state index contributed by atoms with van der Waals surface area (Å²) in [6, 6.07) is 0. The Morgan fingerprint density at radius 2 is 2.27 bits per heavy atom. The summed E-state index contributed by atoms with van der Waals surface area (Å²) in [7, 11) is 0. The topological polar surface area (TPSA) is 30.5 Å². The Kier molecular flexibility index (Phi) is 2.41. The van der Waals surface area contributed by atoms with Gasteiger partial charge in [0.05, 0.1) is 18.8 Å². The molecule has 0 aromatic heterocycles. The van der Waals surface area contributed by atoms with Gasteiger partial charge in [-0.1, -0.05) is 0 Å². The summed E-state index contributed by atoms with van der Waals surface area (Å²) < 4.78 is 11.0. The fourth-order valence-corrected chi connectivity index (χ4v) is 1.64. The highest BCUT2D eigenvalue weighted by atomic mass is 16.6. The summed E-state index contributed by atoms with van der Waals surface area (Å²) in [5.41, 5.74) is 0. The summed E-state index contributed by atoms with van der Waals surface area (Å²) in [6.45, 7) is 3.82. The van der Waals surface area contributed by atoms with Crippen molar-refractivity contribution in [3.05, 3.63) is 0 Å². The average molecular weight is 157 g/mol. The van der Waals surface area contributed by atoms with Crippen molar-refractivity contribution in [3.63, 3.8) is 0 Å². The van der Waals surface area contributed by atoms with E-state index < -0.39 is 0 Å². The average Bonchev–Trinajstić information content (AvgIpc) is 2.60. The Bertz CT molecular complexity index is 103. The molecule has 2 aliphatic heterocycles. The lowest BCUT2D eigenvalue weighted by Crippen LogP contribution is -2.24. The van der Waals surface area contributed by atoms with Crippen molar-refractivity contribution in [1.29, 1.82) is 0 Å². The number of rotatable bonds is 2. The molecule has 2 aliphatic rings. The monoisotopic (exact) mass is 157 g/mol. The van der Waals surface area contributed by atoms with E-state index in [4.69, 9.17) is 9.47 Å². The standard InChI is InChI=1S/C8H15NO2/c1-3-9-5-7(1)11-8-2-4-10-6-8/h7-9H,1-6H2/t7-,8?/m0/s1. The SMILES string of the molecule is C1C[C@H](OC2CCOC2)CN1. The molecule has 1 unspecified atom stereocenters. The van der Waals surface area contributed by atoms with Crippen LogP contribution in [0.3, 0.4) is 0 Å². The third-order valence-electron chi connectivity index (χ3n) is 2.29. The minimum atomic E-state index is 0.375. The van der Waals surface area contributed by atoms with Crippen molar-refractivity contribution in [2.75, 3.05) is 26.3 Å². The maximum atomic E-state index is 5.78. The number of hydrogen-bond acceptors (Lipinski definition) is 3. The zero-order chi connectivity index (χ0) is 7.52. The molecule has 0 aliphatic carbocycles. The molecule has 0 aromatic carbocycles. The van der Waals surface area contributed by atoms with Crippen LogP contribution in [0, 0.1) is 0 Å². The predicted octanol–water partition coefficient (Wildman–Crippen LogP) is 0.154. The number of hydrogen-bond donors (Lipinski definition) is 1. The van der Waals surface area contributed by atoms with Gasteiger partial charge in [0.1, 0.15) is 0 Å². The quantitative estimate of drug-likeness (QED) is 0.619. The fraction of sp³-hybridized carbons (Fsp3) is 1.00. The van der Waals surface area contributed by atoms with Gasteiger partial charge in [0.2, 0.25) is 0 Å². The van der Waals surface area contributed by atoms with Crippen molar-refractivity contribution >= 4 is 0 Å². The summed E-state index contributed by atoms with van der Waals surface area (Å²) in [4.78, 5) is 0. The van der Waals surface area contributed by atoms with Crippen LogP contribution in [-0.2, 0) is 9.47 Å². The molecule has 2 fully saturated rings. The van der Waals surface area contributed by atoms with E-state index in [1.54, 1.807) is 0 Å². The Morgan fingerprint density at radius 3 is 2.91 bits per heavy atom. The Balaban J connectivity index is 1.71. The van der Waals surface area contributed by atoms with Crippen molar-refractivity contribution in [3.8, 4) is 0 Å². The second-order valence-corrected chi connectivity index (χ2v) is 3.24. The first-order valence-corrected chi connectivity index (χ1v) is 4.39. The van der Waals surface area contributed by atoms with Crippen LogP contribution in [-0.4, -0.2) is 38.5 Å². The molecule has 2 atom stereocenters. The largest absolute Gasteiger partial charge is 0.379 e. The maximum absolute atomic E-state index is 5.78. The second kappa shape index (κ2) is 3.52. The molecule has 3 heteroatoms. The smallest absolute Gasteiger partial charge is 0.0834 e. The lowest BCUT2D eigenvalue weighted by molar-refractivity contribution is -0.00530. The van der Waals surface area contributed by atoms with Crippen LogP contribution < -0.4 is 5.32 Å². The third-order valence-corrected chi connectivity index (χ3v) is 2.29. The van der Waals surface area contributed by atoms with Gasteiger partial charge in [-0.25, -0.2) is 0 Å². The number of ether oxygens (including phenoxy) is 2. The van der Waals surface area contributed by atoms with E-state index in [1.165, 1.54) is 0 Å². The summed E-state index contributed by atoms with van der Waals surface area (Å²) in [6.07, 6.45) is 3.06. The minimum absolute atomic E-state index is 0.375. The molecule has 0 saturated carbocycles. The molecule has 0 radical (unpaired) electrons. The van der Waals surface area contributed by atoms with Crippen LogP contribution in [0.25, 0.3) is 0 Å². The van der Waals surface area contributed by atoms with E-state index >= 15 is 0 Å².